The number of hydrogen-bond acceptors (Lipinski definition) is 1. The van der Waals surface area contributed by atoms with Gasteiger partial charge in [-0.2, -0.15) is 0 Å². The maximum atomic E-state index is 3.71. The highest BCUT2D eigenvalue weighted by Crippen LogP contribution is 2.20. The summed E-state index contributed by atoms with van der Waals surface area (Å²) in [5.41, 5.74) is 4.50. The molecule has 1 nitrogen and oxygen atoms in total. The molecule has 1 aliphatic carbocycles. The lowest BCUT2D eigenvalue weighted by atomic mass is 9.88. The molecule has 0 radical (unpaired) electrons. The quantitative estimate of drug-likeness (QED) is 0.902. The molecule has 1 unspecified atom stereocenters. The highest BCUT2D eigenvalue weighted by atomic mass is 35.5. The van der Waals surface area contributed by atoms with Gasteiger partial charge in [-0.15, -0.1) is 12.4 Å². The molecule has 2 aromatic rings. The molecule has 0 fully saturated rings. The summed E-state index contributed by atoms with van der Waals surface area (Å²) >= 11 is 0. The van der Waals surface area contributed by atoms with Gasteiger partial charge in [-0.25, -0.2) is 0 Å². The van der Waals surface area contributed by atoms with Crippen molar-refractivity contribution in [2.75, 3.05) is 6.54 Å². The van der Waals surface area contributed by atoms with E-state index in [9.17, 15) is 0 Å². The van der Waals surface area contributed by atoms with Crippen LogP contribution in [0.25, 0.3) is 0 Å². The zero-order chi connectivity index (χ0) is 12.9. The van der Waals surface area contributed by atoms with Crippen LogP contribution in [0.3, 0.4) is 0 Å². The number of benzene rings is 2. The maximum Gasteiger partial charge on any atom is 0.0111 e. The Morgan fingerprint density at radius 2 is 1.60 bits per heavy atom. The molecule has 0 bridgehead atoms. The van der Waals surface area contributed by atoms with Crippen molar-refractivity contribution < 1.29 is 0 Å². The van der Waals surface area contributed by atoms with Crippen LogP contribution in [0, 0.1) is 0 Å². The second-order valence-corrected chi connectivity index (χ2v) is 5.40. The fourth-order valence-electron chi connectivity index (χ4n) is 2.94. The summed E-state index contributed by atoms with van der Waals surface area (Å²) in [6.07, 6.45) is 4.80. The molecule has 1 atom stereocenters. The molecule has 0 saturated carbocycles. The predicted octanol–water partition coefficient (Wildman–Crippen LogP) is 3.80. The van der Waals surface area contributed by atoms with Gasteiger partial charge in [-0.3, -0.25) is 0 Å². The van der Waals surface area contributed by atoms with Crippen molar-refractivity contribution in [2.24, 2.45) is 0 Å². The van der Waals surface area contributed by atoms with Crippen molar-refractivity contribution >= 4 is 12.4 Å². The minimum absolute atomic E-state index is 0. The van der Waals surface area contributed by atoms with Gasteiger partial charge in [0.15, 0.2) is 0 Å². The molecule has 2 heteroatoms. The van der Waals surface area contributed by atoms with E-state index in [-0.39, 0.29) is 12.4 Å². The van der Waals surface area contributed by atoms with Gasteiger partial charge in [0.1, 0.15) is 0 Å². The van der Waals surface area contributed by atoms with Gasteiger partial charge in [0.25, 0.3) is 0 Å². The molecule has 106 valence electrons. The molecule has 20 heavy (non-hydrogen) atoms. The Kier molecular flexibility index (Phi) is 5.63. The van der Waals surface area contributed by atoms with Crippen LogP contribution in [0.4, 0.5) is 0 Å². The largest absolute Gasteiger partial charge is 0.313 e. The first-order valence-corrected chi connectivity index (χ1v) is 7.26. The molecule has 2 aromatic carbocycles. The van der Waals surface area contributed by atoms with Crippen LogP contribution in [0.1, 0.15) is 23.1 Å². The zero-order valence-electron chi connectivity index (χ0n) is 11.7. The van der Waals surface area contributed by atoms with Crippen LogP contribution >= 0.6 is 12.4 Å². The highest BCUT2D eigenvalue weighted by Gasteiger charge is 2.17. The Morgan fingerprint density at radius 1 is 0.900 bits per heavy atom. The van der Waals surface area contributed by atoms with Gasteiger partial charge in [0.05, 0.1) is 0 Å². The average Bonchev–Trinajstić information content (AvgIpc) is 2.48. The standard InChI is InChI=1S/C18H21N.ClH/c1-2-6-15(7-3-1)12-13-19-18-11-10-16-8-4-5-9-17(16)14-18;/h1-9,18-19H,10-14H2;1H. The maximum absolute atomic E-state index is 3.71. The van der Waals surface area contributed by atoms with E-state index in [1.54, 1.807) is 5.56 Å². The summed E-state index contributed by atoms with van der Waals surface area (Å²) < 4.78 is 0. The van der Waals surface area contributed by atoms with Crippen LogP contribution in [-0.4, -0.2) is 12.6 Å². The number of hydrogen-bond donors (Lipinski definition) is 1. The van der Waals surface area contributed by atoms with Crippen molar-refractivity contribution in [3.8, 4) is 0 Å². The van der Waals surface area contributed by atoms with Gasteiger partial charge in [0, 0.05) is 6.04 Å². The monoisotopic (exact) mass is 287 g/mol. The summed E-state index contributed by atoms with van der Waals surface area (Å²) in [6, 6.07) is 20.2. The van der Waals surface area contributed by atoms with E-state index in [0.717, 1.165) is 13.0 Å². The highest BCUT2D eigenvalue weighted by molar-refractivity contribution is 5.85. The van der Waals surface area contributed by atoms with Crippen LogP contribution < -0.4 is 5.32 Å². The lowest BCUT2D eigenvalue weighted by Gasteiger charge is -2.25. The summed E-state index contributed by atoms with van der Waals surface area (Å²) in [6.45, 7) is 1.08. The van der Waals surface area contributed by atoms with Crippen molar-refractivity contribution in [1.29, 1.82) is 0 Å². The van der Waals surface area contributed by atoms with E-state index in [1.807, 2.05) is 0 Å². The molecule has 0 amide bonds. The van der Waals surface area contributed by atoms with Crippen molar-refractivity contribution in [3.63, 3.8) is 0 Å². The first-order valence-electron chi connectivity index (χ1n) is 7.26. The van der Waals surface area contributed by atoms with E-state index in [1.165, 1.54) is 30.4 Å². The normalized spacial score (nSPS) is 17.1. The van der Waals surface area contributed by atoms with Gasteiger partial charge in [-0.1, -0.05) is 54.6 Å². The van der Waals surface area contributed by atoms with Gasteiger partial charge < -0.3 is 5.32 Å². The van der Waals surface area contributed by atoms with E-state index in [4.69, 9.17) is 0 Å². The lowest BCUT2D eigenvalue weighted by molar-refractivity contribution is 0.461. The SMILES string of the molecule is Cl.c1ccc(CCNC2CCc3ccccc3C2)cc1. The third-order valence-corrected chi connectivity index (χ3v) is 4.04. The molecular formula is C18H22ClN. The number of fused-ring (bicyclic) bond motifs is 1. The van der Waals surface area contributed by atoms with Crippen LogP contribution in [-0.2, 0) is 19.3 Å². The molecular weight excluding hydrogens is 266 g/mol. The second kappa shape index (κ2) is 7.47. The van der Waals surface area contributed by atoms with Gasteiger partial charge >= 0.3 is 0 Å². The molecule has 1 N–H and O–H groups in total. The van der Waals surface area contributed by atoms with E-state index >= 15 is 0 Å². The third-order valence-electron chi connectivity index (χ3n) is 4.04. The van der Waals surface area contributed by atoms with Crippen LogP contribution in [0.15, 0.2) is 54.6 Å². The number of halogens is 1. The Bertz CT molecular complexity index is 524. The molecule has 0 heterocycles. The summed E-state index contributed by atoms with van der Waals surface area (Å²) in [5.74, 6) is 0. The number of nitrogens with one attached hydrogen (secondary N) is 1. The Morgan fingerprint density at radius 3 is 2.40 bits per heavy atom. The van der Waals surface area contributed by atoms with Crippen LogP contribution in [0.5, 0.6) is 0 Å². The van der Waals surface area contributed by atoms with E-state index in [2.05, 4.69) is 59.9 Å². The molecule has 0 aliphatic heterocycles. The predicted molar refractivity (Wildman–Crippen MR) is 87.7 cm³/mol. The van der Waals surface area contributed by atoms with Crippen LogP contribution in [0.2, 0.25) is 0 Å². The summed E-state index contributed by atoms with van der Waals surface area (Å²) in [4.78, 5) is 0. The molecule has 0 saturated heterocycles. The lowest BCUT2D eigenvalue weighted by Crippen LogP contribution is -2.35. The first kappa shape index (κ1) is 15.1. The average molecular weight is 288 g/mol. The second-order valence-electron chi connectivity index (χ2n) is 5.40. The zero-order valence-corrected chi connectivity index (χ0v) is 12.5. The van der Waals surface area contributed by atoms with Crippen molar-refractivity contribution in [1.82, 2.24) is 5.32 Å². The Hall–Kier alpha value is -1.31. The van der Waals surface area contributed by atoms with Gasteiger partial charge in [-0.05, 0) is 48.9 Å². The minimum Gasteiger partial charge on any atom is -0.313 e. The van der Waals surface area contributed by atoms with E-state index < -0.39 is 0 Å². The van der Waals surface area contributed by atoms with Crippen molar-refractivity contribution in [3.05, 3.63) is 71.3 Å². The Labute approximate surface area is 127 Å². The smallest absolute Gasteiger partial charge is 0.0111 e. The molecule has 0 spiro atoms. The molecule has 1 aliphatic rings. The summed E-state index contributed by atoms with van der Waals surface area (Å²) in [5, 5.41) is 3.71. The third kappa shape index (κ3) is 3.84. The van der Waals surface area contributed by atoms with E-state index in [0.29, 0.717) is 6.04 Å². The molecule has 3 rings (SSSR count). The minimum atomic E-state index is 0. The summed E-state index contributed by atoms with van der Waals surface area (Å²) in [7, 11) is 0. The Balaban J connectivity index is 0.00000147. The topological polar surface area (TPSA) is 12.0 Å². The first-order chi connectivity index (χ1) is 9.42. The number of rotatable bonds is 4. The fraction of sp³-hybridized carbons (Fsp3) is 0.333. The van der Waals surface area contributed by atoms with Crippen molar-refractivity contribution in [2.45, 2.75) is 31.7 Å². The van der Waals surface area contributed by atoms with Gasteiger partial charge in [0.2, 0.25) is 0 Å². The fourth-order valence-corrected chi connectivity index (χ4v) is 2.94. The molecule has 0 aromatic heterocycles. The number of aryl methyl sites for hydroxylation is 1.